The average molecular weight is 399 g/mol. The lowest BCUT2D eigenvalue weighted by molar-refractivity contribution is -0.142. The van der Waals surface area contributed by atoms with Crippen LogP contribution in [0.5, 0.6) is 0 Å². The molecular formula is C20H34N2O6. The average Bonchev–Trinajstić information content (AvgIpc) is 2.49. The third kappa shape index (κ3) is 10.1. The highest BCUT2D eigenvalue weighted by Gasteiger charge is 2.25. The zero-order valence-corrected chi connectivity index (χ0v) is 18.1. The molecule has 0 bridgehead atoms. The Balaban J connectivity index is 4.90. The lowest BCUT2D eigenvalue weighted by atomic mass is 9.94. The van der Waals surface area contributed by atoms with E-state index < -0.39 is 34.9 Å². The Morgan fingerprint density at radius 3 is 1.71 bits per heavy atom. The van der Waals surface area contributed by atoms with Crippen molar-refractivity contribution in [2.24, 2.45) is 10.8 Å². The van der Waals surface area contributed by atoms with E-state index in [1.54, 1.807) is 55.4 Å². The minimum Gasteiger partial charge on any atom is -0.478 e. The largest absolute Gasteiger partial charge is 0.478 e. The predicted molar refractivity (Wildman–Crippen MR) is 105 cm³/mol. The lowest BCUT2D eigenvalue weighted by Gasteiger charge is -2.23. The highest BCUT2D eigenvalue weighted by atomic mass is 16.5. The number of nitrogens with one attached hydrogen (secondary N) is 2. The summed E-state index contributed by atoms with van der Waals surface area (Å²) >= 11 is 0. The van der Waals surface area contributed by atoms with Crippen LogP contribution < -0.4 is 10.6 Å². The minimum absolute atomic E-state index is 0.00961. The third-order valence-corrected chi connectivity index (χ3v) is 3.67. The minimum atomic E-state index is -1.28. The van der Waals surface area contributed by atoms with Gasteiger partial charge in [-0.2, -0.15) is 0 Å². The van der Waals surface area contributed by atoms with E-state index in [0.717, 1.165) is 6.08 Å². The maximum absolute atomic E-state index is 12.3. The van der Waals surface area contributed by atoms with E-state index in [2.05, 4.69) is 10.6 Å². The van der Waals surface area contributed by atoms with Gasteiger partial charge in [-0.25, -0.2) is 9.59 Å². The van der Waals surface area contributed by atoms with Gasteiger partial charge in [0.15, 0.2) is 0 Å². The molecule has 0 saturated carbocycles. The van der Waals surface area contributed by atoms with Gasteiger partial charge >= 0.3 is 11.9 Å². The molecule has 0 aliphatic carbocycles. The molecule has 0 rings (SSSR count). The van der Waals surface area contributed by atoms with Crippen molar-refractivity contribution >= 4 is 23.8 Å². The van der Waals surface area contributed by atoms with Crippen LogP contribution in [-0.4, -0.2) is 47.6 Å². The van der Waals surface area contributed by atoms with Crippen LogP contribution >= 0.6 is 0 Å². The molecule has 0 fully saturated rings. The predicted octanol–water partition coefficient (Wildman–Crippen LogP) is 2.03. The van der Waals surface area contributed by atoms with Crippen LogP contribution in [0.1, 0.15) is 61.8 Å². The summed E-state index contributed by atoms with van der Waals surface area (Å²) in [6.45, 7) is 13.8. The Kier molecular flexibility index (Phi) is 9.37. The molecular weight excluding hydrogens is 364 g/mol. The number of hydrogen-bond acceptors (Lipinski definition) is 5. The molecule has 0 unspecified atom stereocenters. The molecule has 0 radical (unpaired) electrons. The van der Waals surface area contributed by atoms with Crippen LogP contribution in [0.3, 0.4) is 0 Å². The third-order valence-electron chi connectivity index (χ3n) is 3.67. The number of carbonyl (C=O) groups excluding carboxylic acids is 3. The van der Waals surface area contributed by atoms with Crippen LogP contribution in [0.15, 0.2) is 11.6 Å². The number of amides is 2. The SMILES string of the molecule is C[C@H](COC(=O)C(=CC(=O)O)C[C@@H](C)NC(=O)C(C)(C)C)NC(=O)C(C)(C)C. The van der Waals surface area contributed by atoms with Gasteiger partial charge in [-0.15, -0.1) is 0 Å². The Bertz CT molecular complexity index is 626. The summed E-state index contributed by atoms with van der Waals surface area (Å²) in [7, 11) is 0. The van der Waals surface area contributed by atoms with Gasteiger partial charge in [0, 0.05) is 28.5 Å². The molecule has 0 heterocycles. The number of ether oxygens (including phenoxy) is 1. The summed E-state index contributed by atoms with van der Waals surface area (Å²) in [5.74, 6) is -2.47. The molecule has 0 aromatic carbocycles. The van der Waals surface area contributed by atoms with E-state index >= 15 is 0 Å². The highest BCUT2D eigenvalue weighted by molar-refractivity contribution is 5.96. The molecule has 0 spiro atoms. The molecule has 0 aromatic heterocycles. The Labute approximate surface area is 167 Å². The van der Waals surface area contributed by atoms with Crippen LogP contribution in [-0.2, 0) is 23.9 Å². The van der Waals surface area contributed by atoms with Crippen molar-refractivity contribution in [3.8, 4) is 0 Å². The molecule has 160 valence electrons. The molecule has 0 aromatic rings. The molecule has 8 nitrogen and oxygen atoms in total. The summed E-state index contributed by atoms with van der Waals surface area (Å²) in [5, 5.41) is 14.5. The summed E-state index contributed by atoms with van der Waals surface area (Å²) < 4.78 is 5.16. The monoisotopic (exact) mass is 398 g/mol. The van der Waals surface area contributed by atoms with Gasteiger partial charge in [0.1, 0.15) is 6.61 Å². The first-order chi connectivity index (χ1) is 12.5. The Morgan fingerprint density at radius 1 is 0.893 bits per heavy atom. The fourth-order valence-corrected chi connectivity index (χ4v) is 1.95. The second-order valence-corrected chi connectivity index (χ2v) is 9.06. The van der Waals surface area contributed by atoms with Gasteiger partial charge < -0.3 is 20.5 Å². The number of hydrogen-bond donors (Lipinski definition) is 3. The number of carboxylic acids is 1. The summed E-state index contributed by atoms with van der Waals surface area (Å²) in [5.41, 5.74) is -1.25. The zero-order valence-electron chi connectivity index (χ0n) is 18.1. The van der Waals surface area contributed by atoms with Gasteiger partial charge in [0.25, 0.3) is 0 Å². The van der Waals surface area contributed by atoms with Crippen molar-refractivity contribution in [1.29, 1.82) is 0 Å². The maximum Gasteiger partial charge on any atom is 0.334 e. The number of aliphatic carboxylic acids is 1. The molecule has 3 N–H and O–H groups in total. The highest BCUT2D eigenvalue weighted by Crippen LogP contribution is 2.16. The fraction of sp³-hybridized carbons (Fsp3) is 0.700. The summed E-state index contributed by atoms with van der Waals surface area (Å²) in [4.78, 5) is 47.3. The van der Waals surface area contributed by atoms with Gasteiger partial charge in [0.05, 0.1) is 6.04 Å². The molecule has 28 heavy (non-hydrogen) atoms. The van der Waals surface area contributed by atoms with Gasteiger partial charge in [-0.05, 0) is 20.3 Å². The normalized spacial score (nSPS) is 14.6. The van der Waals surface area contributed by atoms with E-state index in [0.29, 0.717) is 0 Å². The molecule has 0 aliphatic heterocycles. The quantitative estimate of drug-likeness (QED) is 0.425. The number of rotatable bonds is 8. The van der Waals surface area contributed by atoms with Crippen molar-refractivity contribution in [2.45, 2.75) is 73.9 Å². The van der Waals surface area contributed by atoms with Crippen LogP contribution in [0.25, 0.3) is 0 Å². The topological polar surface area (TPSA) is 122 Å². The van der Waals surface area contributed by atoms with Crippen molar-refractivity contribution in [3.63, 3.8) is 0 Å². The first-order valence-corrected chi connectivity index (χ1v) is 9.26. The van der Waals surface area contributed by atoms with Crippen molar-refractivity contribution in [3.05, 3.63) is 11.6 Å². The van der Waals surface area contributed by atoms with Gasteiger partial charge in [-0.1, -0.05) is 41.5 Å². The van der Waals surface area contributed by atoms with E-state index in [9.17, 15) is 19.2 Å². The molecule has 0 saturated heterocycles. The fourth-order valence-electron chi connectivity index (χ4n) is 1.95. The van der Waals surface area contributed by atoms with Crippen molar-refractivity contribution in [2.75, 3.05) is 6.61 Å². The number of carboxylic acid groups (broad SMARTS) is 1. The zero-order chi connectivity index (χ0) is 22.3. The van der Waals surface area contributed by atoms with E-state index in [1.807, 2.05) is 0 Å². The number of carbonyl (C=O) groups is 4. The Hall–Kier alpha value is -2.38. The van der Waals surface area contributed by atoms with E-state index in [4.69, 9.17) is 9.84 Å². The summed E-state index contributed by atoms with van der Waals surface area (Å²) in [6, 6.07) is -0.886. The van der Waals surface area contributed by atoms with Crippen LogP contribution in [0, 0.1) is 10.8 Å². The van der Waals surface area contributed by atoms with Crippen LogP contribution in [0.2, 0.25) is 0 Å². The van der Waals surface area contributed by atoms with Gasteiger partial charge in [0.2, 0.25) is 11.8 Å². The lowest BCUT2D eigenvalue weighted by Crippen LogP contribution is -2.43. The first-order valence-electron chi connectivity index (χ1n) is 9.26. The molecule has 8 heteroatoms. The standard InChI is InChI=1S/C20H34N2O6/c1-12(21-17(26)19(3,4)5)9-14(10-15(23)24)16(25)28-11-13(2)22-18(27)20(6,7)8/h10,12-13H,9,11H2,1-8H3,(H,21,26)(H,22,27)(H,23,24)/t12-,13-/m1/s1. The molecule has 0 aliphatic rings. The summed E-state index contributed by atoms with van der Waals surface area (Å²) in [6.07, 6.45) is 0.788. The van der Waals surface area contributed by atoms with E-state index in [-0.39, 0.29) is 30.4 Å². The van der Waals surface area contributed by atoms with Crippen molar-refractivity contribution in [1.82, 2.24) is 10.6 Å². The second-order valence-electron chi connectivity index (χ2n) is 9.06. The second kappa shape index (κ2) is 10.2. The van der Waals surface area contributed by atoms with E-state index in [1.165, 1.54) is 0 Å². The van der Waals surface area contributed by atoms with Crippen molar-refractivity contribution < 1.29 is 29.0 Å². The molecule has 2 amide bonds. The van der Waals surface area contributed by atoms with Gasteiger partial charge in [-0.3, -0.25) is 9.59 Å². The molecule has 2 atom stereocenters. The van der Waals surface area contributed by atoms with Crippen LogP contribution in [0.4, 0.5) is 0 Å². The maximum atomic E-state index is 12.3. The smallest absolute Gasteiger partial charge is 0.334 e. The Morgan fingerprint density at radius 2 is 1.32 bits per heavy atom. The first kappa shape index (κ1) is 25.6. The number of esters is 1.